The highest BCUT2D eigenvalue weighted by Gasteiger charge is 2.01. The van der Waals surface area contributed by atoms with E-state index >= 15 is 0 Å². The van der Waals surface area contributed by atoms with Crippen molar-refractivity contribution in [2.45, 2.75) is 13.5 Å². The Labute approximate surface area is 109 Å². The molecular weight excluding hydrogens is 258 g/mol. The Bertz CT molecular complexity index is 489. The number of nitrogens with zero attached hydrogens (tertiary/aromatic N) is 2. The fourth-order valence-corrected chi connectivity index (χ4v) is 2.31. The van der Waals surface area contributed by atoms with E-state index in [0.29, 0.717) is 19.0 Å². The molecule has 0 fully saturated rings. The lowest BCUT2D eigenvalue weighted by Crippen LogP contribution is -2.01. The van der Waals surface area contributed by atoms with Crippen molar-refractivity contribution in [1.29, 1.82) is 0 Å². The van der Waals surface area contributed by atoms with E-state index in [1.54, 1.807) is 17.4 Å². The number of hydrogen-bond acceptors (Lipinski definition) is 5. The van der Waals surface area contributed by atoms with Crippen molar-refractivity contribution in [2.24, 2.45) is 0 Å². The Kier molecular flexibility index (Phi) is 4.17. The zero-order chi connectivity index (χ0) is 12.1. The Balaban J connectivity index is 1.96. The van der Waals surface area contributed by atoms with Crippen LogP contribution in [-0.2, 0) is 6.54 Å². The van der Waals surface area contributed by atoms with E-state index in [-0.39, 0.29) is 0 Å². The van der Waals surface area contributed by atoms with Crippen molar-refractivity contribution >= 4 is 28.8 Å². The van der Waals surface area contributed by atoms with Gasteiger partial charge in [0.15, 0.2) is 0 Å². The van der Waals surface area contributed by atoms with Gasteiger partial charge in [-0.1, -0.05) is 11.6 Å². The summed E-state index contributed by atoms with van der Waals surface area (Å²) in [6.45, 7) is 3.21. The number of rotatable bonds is 5. The van der Waals surface area contributed by atoms with Gasteiger partial charge in [-0.25, -0.2) is 9.97 Å². The van der Waals surface area contributed by atoms with Crippen molar-refractivity contribution in [3.05, 3.63) is 33.7 Å². The third kappa shape index (κ3) is 3.57. The predicted octanol–water partition coefficient (Wildman–Crippen LogP) is 3.20. The maximum absolute atomic E-state index is 5.85. The summed E-state index contributed by atoms with van der Waals surface area (Å²) in [4.78, 5) is 9.27. The normalized spacial score (nSPS) is 10.2. The molecule has 0 aliphatic rings. The summed E-state index contributed by atoms with van der Waals surface area (Å²) in [5.41, 5.74) is 0. The average Bonchev–Trinajstić information content (AvgIpc) is 2.74. The lowest BCUT2D eigenvalue weighted by atomic mass is 10.4. The Morgan fingerprint density at radius 2 is 2.29 bits per heavy atom. The quantitative estimate of drug-likeness (QED) is 0.905. The van der Waals surface area contributed by atoms with Crippen LogP contribution in [-0.4, -0.2) is 16.6 Å². The number of aromatic nitrogens is 2. The Hall–Kier alpha value is -1.33. The first kappa shape index (κ1) is 12.1. The van der Waals surface area contributed by atoms with Crippen molar-refractivity contribution in [1.82, 2.24) is 9.97 Å². The van der Waals surface area contributed by atoms with Gasteiger partial charge in [0.05, 0.1) is 17.5 Å². The van der Waals surface area contributed by atoms with Crippen LogP contribution in [0.4, 0.5) is 5.82 Å². The van der Waals surface area contributed by atoms with Gasteiger partial charge < -0.3 is 10.1 Å². The number of hydrogen-bond donors (Lipinski definition) is 1. The van der Waals surface area contributed by atoms with Crippen LogP contribution in [0.15, 0.2) is 24.5 Å². The molecule has 0 bridgehead atoms. The lowest BCUT2D eigenvalue weighted by molar-refractivity contribution is 0.326. The van der Waals surface area contributed by atoms with E-state index in [4.69, 9.17) is 16.3 Å². The van der Waals surface area contributed by atoms with Crippen molar-refractivity contribution < 1.29 is 4.74 Å². The molecule has 0 aromatic carbocycles. The first-order valence-corrected chi connectivity index (χ1v) is 6.40. The zero-order valence-corrected chi connectivity index (χ0v) is 10.9. The molecule has 90 valence electrons. The third-order valence-corrected chi connectivity index (χ3v) is 3.24. The number of anilines is 1. The molecule has 0 saturated carbocycles. The molecule has 0 aliphatic carbocycles. The summed E-state index contributed by atoms with van der Waals surface area (Å²) in [5.74, 6) is 1.32. The van der Waals surface area contributed by atoms with Crippen LogP contribution in [0.1, 0.15) is 11.8 Å². The molecule has 0 atom stereocenters. The fourth-order valence-electron chi connectivity index (χ4n) is 1.29. The minimum atomic E-state index is 0.578. The maximum atomic E-state index is 5.85. The molecule has 17 heavy (non-hydrogen) atoms. The van der Waals surface area contributed by atoms with Crippen LogP contribution in [0, 0.1) is 0 Å². The summed E-state index contributed by atoms with van der Waals surface area (Å²) in [7, 11) is 0. The second kappa shape index (κ2) is 5.84. The molecular formula is C11H12ClN3OS. The molecule has 2 aromatic heterocycles. The average molecular weight is 270 g/mol. The van der Waals surface area contributed by atoms with Crippen LogP contribution in [0.3, 0.4) is 0 Å². The largest absolute Gasteiger partial charge is 0.478 e. The second-order valence-electron chi connectivity index (χ2n) is 3.23. The minimum absolute atomic E-state index is 0.578. The first-order valence-electron chi connectivity index (χ1n) is 5.21. The topological polar surface area (TPSA) is 47.0 Å². The van der Waals surface area contributed by atoms with E-state index < -0.39 is 0 Å². The molecule has 0 saturated heterocycles. The lowest BCUT2D eigenvalue weighted by Gasteiger charge is -2.05. The van der Waals surface area contributed by atoms with Gasteiger partial charge in [0.25, 0.3) is 0 Å². The summed E-state index contributed by atoms with van der Waals surface area (Å²) in [6.07, 6.45) is 1.48. The molecule has 6 heteroatoms. The molecule has 0 radical (unpaired) electrons. The van der Waals surface area contributed by atoms with Crippen LogP contribution in [0.25, 0.3) is 0 Å². The molecule has 1 N–H and O–H groups in total. The maximum Gasteiger partial charge on any atom is 0.218 e. The van der Waals surface area contributed by atoms with Crippen molar-refractivity contribution in [3.63, 3.8) is 0 Å². The summed E-state index contributed by atoms with van der Waals surface area (Å²) in [5, 5.41) is 3.19. The Morgan fingerprint density at radius 1 is 1.41 bits per heavy atom. The first-order chi connectivity index (χ1) is 8.28. The van der Waals surface area contributed by atoms with Gasteiger partial charge in [-0.05, 0) is 19.1 Å². The van der Waals surface area contributed by atoms with E-state index in [1.807, 2.05) is 19.1 Å². The van der Waals surface area contributed by atoms with E-state index in [2.05, 4.69) is 15.3 Å². The zero-order valence-electron chi connectivity index (χ0n) is 9.31. The molecule has 0 amide bonds. The second-order valence-corrected chi connectivity index (χ2v) is 5.03. The SMILES string of the molecule is CCOc1cc(NCc2ccc(Cl)s2)ncn1. The number of halogens is 1. The van der Waals surface area contributed by atoms with E-state index in [9.17, 15) is 0 Å². The molecule has 0 spiro atoms. The highest BCUT2D eigenvalue weighted by Crippen LogP contribution is 2.22. The molecule has 2 aromatic rings. The summed E-state index contributed by atoms with van der Waals surface area (Å²) in [6, 6.07) is 5.65. The molecule has 2 rings (SSSR count). The monoisotopic (exact) mass is 269 g/mol. The summed E-state index contributed by atoms with van der Waals surface area (Å²) >= 11 is 7.40. The number of ether oxygens (including phenoxy) is 1. The highest BCUT2D eigenvalue weighted by atomic mass is 35.5. The van der Waals surface area contributed by atoms with Gasteiger partial charge in [-0.15, -0.1) is 11.3 Å². The number of nitrogens with one attached hydrogen (secondary N) is 1. The van der Waals surface area contributed by atoms with Gasteiger partial charge in [0, 0.05) is 10.9 Å². The van der Waals surface area contributed by atoms with Crippen LogP contribution >= 0.6 is 22.9 Å². The third-order valence-electron chi connectivity index (χ3n) is 2.01. The predicted molar refractivity (Wildman–Crippen MR) is 69.9 cm³/mol. The molecule has 2 heterocycles. The fraction of sp³-hybridized carbons (Fsp3) is 0.273. The van der Waals surface area contributed by atoms with E-state index in [0.717, 1.165) is 15.0 Å². The number of thiophene rings is 1. The Morgan fingerprint density at radius 3 is 3.00 bits per heavy atom. The van der Waals surface area contributed by atoms with Crippen LogP contribution in [0.2, 0.25) is 4.34 Å². The summed E-state index contributed by atoms with van der Waals surface area (Å²) < 4.78 is 6.08. The molecule has 4 nitrogen and oxygen atoms in total. The van der Waals surface area contributed by atoms with Crippen LogP contribution in [0.5, 0.6) is 5.88 Å². The van der Waals surface area contributed by atoms with Crippen LogP contribution < -0.4 is 10.1 Å². The smallest absolute Gasteiger partial charge is 0.218 e. The van der Waals surface area contributed by atoms with E-state index in [1.165, 1.54) is 6.33 Å². The minimum Gasteiger partial charge on any atom is -0.478 e. The van der Waals surface area contributed by atoms with Gasteiger partial charge >= 0.3 is 0 Å². The van der Waals surface area contributed by atoms with Crippen molar-refractivity contribution in [2.75, 3.05) is 11.9 Å². The van der Waals surface area contributed by atoms with Gasteiger partial charge in [0.2, 0.25) is 5.88 Å². The standard InChI is InChI=1S/C11H12ClN3OS/c1-2-16-11-5-10(14-7-15-11)13-6-8-3-4-9(12)17-8/h3-5,7H,2,6H2,1H3,(H,13,14,15). The van der Waals surface area contributed by atoms with Gasteiger partial charge in [0.1, 0.15) is 12.1 Å². The highest BCUT2D eigenvalue weighted by molar-refractivity contribution is 7.16. The molecule has 0 unspecified atom stereocenters. The molecule has 0 aliphatic heterocycles. The van der Waals surface area contributed by atoms with Gasteiger partial charge in [-0.3, -0.25) is 0 Å². The van der Waals surface area contributed by atoms with Gasteiger partial charge in [-0.2, -0.15) is 0 Å². The van der Waals surface area contributed by atoms with Crippen molar-refractivity contribution in [3.8, 4) is 5.88 Å².